The predicted octanol–water partition coefficient (Wildman–Crippen LogP) is 1.30. The van der Waals surface area contributed by atoms with Gasteiger partial charge in [-0.15, -0.1) is 0 Å². The van der Waals surface area contributed by atoms with Gasteiger partial charge < -0.3 is 9.47 Å². The summed E-state index contributed by atoms with van der Waals surface area (Å²) in [4.78, 5) is 23.3. The van der Waals surface area contributed by atoms with Crippen molar-refractivity contribution in [1.82, 2.24) is 0 Å². The normalized spacial score (nSPS) is 45.9. The van der Waals surface area contributed by atoms with E-state index in [0.717, 1.165) is 6.42 Å². The molecule has 2 bridgehead atoms. The molecular weight excluding hydrogens is 220 g/mol. The van der Waals surface area contributed by atoms with Gasteiger partial charge in [-0.3, -0.25) is 4.79 Å². The summed E-state index contributed by atoms with van der Waals surface area (Å²) in [5.74, 6) is 0.326. The van der Waals surface area contributed by atoms with Crippen molar-refractivity contribution < 1.29 is 19.1 Å². The molecule has 17 heavy (non-hydrogen) atoms. The van der Waals surface area contributed by atoms with Crippen LogP contribution in [0.15, 0.2) is 12.2 Å². The van der Waals surface area contributed by atoms with E-state index in [9.17, 15) is 9.59 Å². The Hall–Kier alpha value is -1.32. The molecule has 3 aliphatic rings. The molecule has 4 heteroatoms. The Morgan fingerprint density at radius 3 is 2.82 bits per heavy atom. The molecule has 1 aliphatic heterocycles. The standard InChI is InChI=1S/C13H16O4/c1-5(2)12(14)16-10-7-4-8-9(6(7)3)13(15)17-11(8)10/h6-11H,1,4H2,2-3H3/t6?,7-,8+,9?,10?,11?/m0/s1. The van der Waals surface area contributed by atoms with Gasteiger partial charge >= 0.3 is 11.9 Å². The van der Waals surface area contributed by atoms with Crippen molar-refractivity contribution in [2.45, 2.75) is 32.5 Å². The van der Waals surface area contributed by atoms with Crippen molar-refractivity contribution in [1.29, 1.82) is 0 Å². The molecule has 0 amide bonds. The summed E-state index contributed by atoms with van der Waals surface area (Å²) in [6.07, 6.45) is 0.468. The highest BCUT2D eigenvalue weighted by Gasteiger charge is 2.66. The lowest BCUT2D eigenvalue weighted by Gasteiger charge is -2.29. The minimum Gasteiger partial charge on any atom is -0.458 e. The fourth-order valence-electron chi connectivity index (χ4n) is 3.73. The van der Waals surface area contributed by atoms with Crippen LogP contribution in [0, 0.1) is 23.7 Å². The van der Waals surface area contributed by atoms with Crippen LogP contribution in [0.4, 0.5) is 0 Å². The molecule has 3 fully saturated rings. The molecule has 0 radical (unpaired) electrons. The maximum atomic E-state index is 11.7. The van der Waals surface area contributed by atoms with Crippen molar-refractivity contribution in [3.63, 3.8) is 0 Å². The topological polar surface area (TPSA) is 52.6 Å². The second-order valence-electron chi connectivity index (χ2n) is 5.50. The number of ether oxygens (including phenoxy) is 2. The number of esters is 2. The maximum Gasteiger partial charge on any atom is 0.333 e. The second kappa shape index (κ2) is 3.34. The lowest BCUT2D eigenvalue weighted by Crippen LogP contribution is -2.39. The van der Waals surface area contributed by atoms with E-state index in [1.807, 2.05) is 0 Å². The highest BCUT2D eigenvalue weighted by Crippen LogP contribution is 2.58. The van der Waals surface area contributed by atoms with E-state index in [4.69, 9.17) is 9.47 Å². The highest BCUT2D eigenvalue weighted by molar-refractivity contribution is 5.87. The summed E-state index contributed by atoms with van der Waals surface area (Å²) in [6, 6.07) is 0. The Balaban J connectivity index is 1.83. The fraction of sp³-hybridized carbons (Fsp3) is 0.692. The summed E-state index contributed by atoms with van der Waals surface area (Å²) < 4.78 is 10.8. The molecule has 4 unspecified atom stereocenters. The Morgan fingerprint density at radius 1 is 1.47 bits per heavy atom. The first-order chi connectivity index (χ1) is 8.00. The van der Waals surface area contributed by atoms with Crippen LogP contribution < -0.4 is 0 Å². The molecule has 0 aromatic heterocycles. The van der Waals surface area contributed by atoms with Gasteiger partial charge in [0.15, 0.2) is 0 Å². The number of carbonyl (C=O) groups is 2. The molecule has 1 heterocycles. The van der Waals surface area contributed by atoms with E-state index >= 15 is 0 Å². The van der Waals surface area contributed by atoms with Gasteiger partial charge in [0.25, 0.3) is 0 Å². The zero-order chi connectivity index (χ0) is 12.3. The summed E-state index contributed by atoms with van der Waals surface area (Å²) in [5, 5.41) is 0. The largest absolute Gasteiger partial charge is 0.458 e. The second-order valence-corrected chi connectivity index (χ2v) is 5.50. The fourth-order valence-corrected chi connectivity index (χ4v) is 3.73. The van der Waals surface area contributed by atoms with Gasteiger partial charge in [-0.25, -0.2) is 4.79 Å². The molecule has 0 N–H and O–H groups in total. The maximum absolute atomic E-state index is 11.7. The van der Waals surface area contributed by atoms with Crippen molar-refractivity contribution >= 4 is 11.9 Å². The summed E-state index contributed by atoms with van der Waals surface area (Å²) in [7, 11) is 0. The van der Waals surface area contributed by atoms with Crippen LogP contribution in [0.1, 0.15) is 20.3 Å². The van der Waals surface area contributed by atoms with Crippen LogP contribution in [-0.4, -0.2) is 24.1 Å². The number of fused-ring (bicyclic) bond motifs is 1. The molecule has 0 aromatic carbocycles. The monoisotopic (exact) mass is 236 g/mol. The lowest BCUT2D eigenvalue weighted by atomic mass is 9.80. The van der Waals surface area contributed by atoms with E-state index in [1.165, 1.54) is 0 Å². The van der Waals surface area contributed by atoms with Crippen LogP contribution in [0.25, 0.3) is 0 Å². The molecular formula is C13H16O4. The quantitative estimate of drug-likeness (QED) is 0.535. The van der Waals surface area contributed by atoms with Crippen LogP contribution in [-0.2, 0) is 19.1 Å². The average molecular weight is 236 g/mol. The highest BCUT2D eigenvalue weighted by atomic mass is 16.6. The zero-order valence-electron chi connectivity index (χ0n) is 10.0. The molecule has 0 aromatic rings. The molecule has 6 atom stereocenters. The molecule has 0 spiro atoms. The first-order valence-corrected chi connectivity index (χ1v) is 6.07. The summed E-state index contributed by atoms with van der Waals surface area (Å²) >= 11 is 0. The molecule has 1 saturated heterocycles. The first kappa shape index (κ1) is 10.8. The average Bonchev–Trinajstić information content (AvgIpc) is 2.82. The van der Waals surface area contributed by atoms with E-state index in [0.29, 0.717) is 5.57 Å². The van der Waals surface area contributed by atoms with Crippen molar-refractivity contribution in [2.24, 2.45) is 23.7 Å². The van der Waals surface area contributed by atoms with Crippen LogP contribution in [0.2, 0.25) is 0 Å². The van der Waals surface area contributed by atoms with Gasteiger partial charge in [-0.1, -0.05) is 13.5 Å². The van der Waals surface area contributed by atoms with Crippen LogP contribution in [0.3, 0.4) is 0 Å². The van der Waals surface area contributed by atoms with E-state index < -0.39 is 0 Å². The predicted molar refractivity (Wildman–Crippen MR) is 58.8 cm³/mol. The minimum atomic E-state index is -0.380. The summed E-state index contributed by atoms with van der Waals surface area (Å²) in [6.45, 7) is 7.25. The number of rotatable bonds is 2. The zero-order valence-corrected chi connectivity index (χ0v) is 10.0. The SMILES string of the molecule is C=C(C)C(=O)OC1C2OC(=O)C3C(C)[C@@H]1C[C@@H]23. The third-order valence-corrected chi connectivity index (χ3v) is 4.53. The Morgan fingerprint density at radius 2 is 2.18 bits per heavy atom. The van der Waals surface area contributed by atoms with Gasteiger partial charge in [0.1, 0.15) is 12.2 Å². The third kappa shape index (κ3) is 1.30. The van der Waals surface area contributed by atoms with Gasteiger partial charge in [-0.2, -0.15) is 0 Å². The Bertz CT molecular complexity index is 414. The Labute approximate surface area is 100.0 Å². The van der Waals surface area contributed by atoms with Crippen molar-refractivity contribution in [3.05, 3.63) is 12.2 Å². The lowest BCUT2D eigenvalue weighted by molar-refractivity contribution is -0.158. The first-order valence-electron chi connectivity index (χ1n) is 6.07. The third-order valence-electron chi connectivity index (χ3n) is 4.53. The molecule has 2 saturated carbocycles. The van der Waals surface area contributed by atoms with E-state index in [1.54, 1.807) is 6.92 Å². The van der Waals surface area contributed by atoms with Gasteiger partial charge in [-0.05, 0) is 19.3 Å². The molecule has 3 rings (SSSR count). The molecule has 4 nitrogen and oxygen atoms in total. The van der Waals surface area contributed by atoms with Crippen LogP contribution in [0.5, 0.6) is 0 Å². The van der Waals surface area contributed by atoms with Crippen molar-refractivity contribution in [2.75, 3.05) is 0 Å². The van der Waals surface area contributed by atoms with Gasteiger partial charge in [0.05, 0.1) is 5.92 Å². The molecule has 2 aliphatic carbocycles. The number of hydrogen-bond acceptors (Lipinski definition) is 4. The number of hydrogen-bond donors (Lipinski definition) is 0. The van der Waals surface area contributed by atoms with Gasteiger partial charge in [0.2, 0.25) is 0 Å². The van der Waals surface area contributed by atoms with E-state index in [2.05, 4.69) is 13.5 Å². The van der Waals surface area contributed by atoms with Gasteiger partial charge in [0, 0.05) is 17.4 Å². The molecule has 92 valence electrons. The summed E-state index contributed by atoms with van der Waals surface area (Å²) in [5.41, 5.74) is 0.390. The van der Waals surface area contributed by atoms with Crippen LogP contribution >= 0.6 is 0 Å². The van der Waals surface area contributed by atoms with Crippen molar-refractivity contribution in [3.8, 4) is 0 Å². The minimum absolute atomic E-state index is 0.0322. The Kier molecular flexibility index (Phi) is 2.12. The number of carbonyl (C=O) groups excluding carboxylic acids is 2. The van der Waals surface area contributed by atoms with E-state index in [-0.39, 0.29) is 47.8 Å². The smallest absolute Gasteiger partial charge is 0.333 e.